The van der Waals surface area contributed by atoms with E-state index in [1.807, 2.05) is 26.0 Å². The van der Waals surface area contributed by atoms with Gasteiger partial charge in [-0.25, -0.2) is 0 Å². The van der Waals surface area contributed by atoms with E-state index in [0.717, 1.165) is 12.1 Å². The summed E-state index contributed by atoms with van der Waals surface area (Å²) in [5.74, 6) is 0. The first-order valence-electron chi connectivity index (χ1n) is 8.14. The molecule has 0 bridgehead atoms. The van der Waals surface area contributed by atoms with Gasteiger partial charge in [-0.15, -0.1) is 0 Å². The summed E-state index contributed by atoms with van der Waals surface area (Å²) in [7, 11) is 0. The van der Waals surface area contributed by atoms with Gasteiger partial charge in [0.25, 0.3) is 0 Å². The number of hydrogen-bond acceptors (Lipinski definition) is 1. The molecule has 0 aromatic heterocycles. The molecule has 0 aliphatic rings. The third kappa shape index (κ3) is 9.73. The fourth-order valence-corrected chi connectivity index (χ4v) is 1.91. The van der Waals surface area contributed by atoms with E-state index in [-0.39, 0.29) is 0 Å². The molecule has 116 valence electrons. The van der Waals surface area contributed by atoms with Crippen molar-refractivity contribution in [1.29, 1.82) is 0 Å². The number of hydrogen-bond donors (Lipinski definition) is 1. The first kappa shape index (κ1) is 19.2. The lowest BCUT2D eigenvalue weighted by molar-refractivity contribution is 0.922. The summed E-state index contributed by atoms with van der Waals surface area (Å²) >= 11 is 0. The Bertz CT molecular complexity index is 431. The van der Waals surface area contributed by atoms with Crippen molar-refractivity contribution in [2.75, 3.05) is 5.73 Å². The molecule has 0 unspecified atom stereocenters. The van der Waals surface area contributed by atoms with Gasteiger partial charge >= 0.3 is 0 Å². The Balaban J connectivity index is 0.000000342. The van der Waals surface area contributed by atoms with Crippen LogP contribution in [0.1, 0.15) is 51.7 Å². The fraction of sp³-hybridized carbons (Fsp3) is 0.400. The number of anilines is 1. The summed E-state index contributed by atoms with van der Waals surface area (Å²) in [6, 6.07) is 18.6. The molecular weight excluding hydrogens is 254 g/mol. The van der Waals surface area contributed by atoms with Gasteiger partial charge in [0.15, 0.2) is 0 Å². The van der Waals surface area contributed by atoms with Crippen LogP contribution in [0.4, 0.5) is 5.69 Å². The Morgan fingerprint density at radius 1 is 0.667 bits per heavy atom. The van der Waals surface area contributed by atoms with Gasteiger partial charge in [-0.2, -0.15) is 0 Å². The molecule has 0 aliphatic heterocycles. The van der Waals surface area contributed by atoms with Crippen LogP contribution in [0.3, 0.4) is 0 Å². The molecule has 0 aliphatic carbocycles. The number of aryl methyl sites for hydroxylation is 2. The Morgan fingerprint density at radius 2 is 1.10 bits per heavy atom. The standard InChI is InChI=1S/C9H13N.C9H12.C2H6/c1-2-3-8-4-6-9(10)7-5-8;1-2-6-9-7-4-3-5-8-9;1-2/h4-7H,2-3,10H2,1H3;3-5,7-8H,2,6H2,1H3;1-2H3. The third-order valence-corrected chi connectivity index (χ3v) is 2.90. The van der Waals surface area contributed by atoms with Crippen molar-refractivity contribution in [2.24, 2.45) is 0 Å². The Hall–Kier alpha value is -1.76. The molecule has 21 heavy (non-hydrogen) atoms. The minimum atomic E-state index is 0.847. The van der Waals surface area contributed by atoms with Crippen molar-refractivity contribution in [1.82, 2.24) is 0 Å². The molecule has 0 saturated heterocycles. The van der Waals surface area contributed by atoms with Gasteiger partial charge in [0.2, 0.25) is 0 Å². The predicted octanol–water partition coefficient (Wildman–Crippen LogP) is 5.89. The Morgan fingerprint density at radius 3 is 1.52 bits per heavy atom. The summed E-state index contributed by atoms with van der Waals surface area (Å²) in [6.07, 6.45) is 4.80. The highest BCUT2D eigenvalue weighted by Gasteiger charge is 1.88. The predicted molar refractivity (Wildman–Crippen MR) is 96.6 cm³/mol. The third-order valence-electron chi connectivity index (χ3n) is 2.90. The maximum Gasteiger partial charge on any atom is 0.0314 e. The monoisotopic (exact) mass is 285 g/mol. The van der Waals surface area contributed by atoms with Crippen molar-refractivity contribution in [2.45, 2.75) is 53.4 Å². The van der Waals surface area contributed by atoms with Crippen LogP contribution < -0.4 is 5.73 Å². The fourth-order valence-electron chi connectivity index (χ4n) is 1.91. The van der Waals surface area contributed by atoms with Gasteiger partial charge in [0.1, 0.15) is 0 Å². The number of nitrogens with two attached hydrogens (primary N) is 1. The van der Waals surface area contributed by atoms with E-state index in [1.165, 1.54) is 30.4 Å². The van der Waals surface area contributed by atoms with E-state index in [0.29, 0.717) is 0 Å². The number of rotatable bonds is 4. The number of benzene rings is 2. The summed E-state index contributed by atoms with van der Waals surface area (Å²) < 4.78 is 0. The van der Waals surface area contributed by atoms with Gasteiger partial charge in [-0.05, 0) is 36.1 Å². The normalized spacial score (nSPS) is 8.95. The zero-order valence-corrected chi connectivity index (χ0v) is 14.1. The minimum Gasteiger partial charge on any atom is -0.399 e. The molecule has 0 heterocycles. The molecular formula is C20H31N. The average molecular weight is 285 g/mol. The largest absolute Gasteiger partial charge is 0.399 e. The minimum absolute atomic E-state index is 0.847. The van der Waals surface area contributed by atoms with Crippen LogP contribution in [0, 0.1) is 0 Å². The van der Waals surface area contributed by atoms with E-state index in [9.17, 15) is 0 Å². The molecule has 0 atom stereocenters. The SMILES string of the molecule is CC.CCCc1ccc(N)cc1.CCCc1ccccc1. The first-order valence-corrected chi connectivity index (χ1v) is 8.14. The highest BCUT2D eigenvalue weighted by Crippen LogP contribution is 2.06. The zero-order chi connectivity index (χ0) is 15.9. The quantitative estimate of drug-likeness (QED) is 0.697. The maximum absolute atomic E-state index is 5.52. The molecule has 0 radical (unpaired) electrons. The second kappa shape index (κ2) is 13.2. The average Bonchev–Trinajstić information content (AvgIpc) is 2.54. The molecule has 1 heteroatoms. The van der Waals surface area contributed by atoms with Gasteiger partial charge in [-0.1, -0.05) is 83.0 Å². The van der Waals surface area contributed by atoms with Crippen molar-refractivity contribution in [3.05, 3.63) is 65.7 Å². The molecule has 0 fully saturated rings. The number of nitrogen functional groups attached to an aromatic ring is 1. The van der Waals surface area contributed by atoms with Gasteiger partial charge in [-0.3, -0.25) is 0 Å². The van der Waals surface area contributed by atoms with Crippen LogP contribution in [-0.2, 0) is 12.8 Å². The van der Waals surface area contributed by atoms with Gasteiger partial charge in [0.05, 0.1) is 0 Å². The first-order chi connectivity index (χ1) is 10.3. The summed E-state index contributed by atoms with van der Waals surface area (Å²) in [5, 5.41) is 0. The van der Waals surface area contributed by atoms with Gasteiger partial charge < -0.3 is 5.73 Å². The molecule has 1 nitrogen and oxygen atoms in total. The lowest BCUT2D eigenvalue weighted by Gasteiger charge is -1.97. The summed E-state index contributed by atoms with van der Waals surface area (Å²) in [6.45, 7) is 8.38. The van der Waals surface area contributed by atoms with E-state index < -0.39 is 0 Å². The van der Waals surface area contributed by atoms with Crippen molar-refractivity contribution < 1.29 is 0 Å². The highest BCUT2D eigenvalue weighted by molar-refractivity contribution is 5.39. The van der Waals surface area contributed by atoms with Crippen molar-refractivity contribution in [3.63, 3.8) is 0 Å². The Kier molecular flexibility index (Phi) is 12.1. The van der Waals surface area contributed by atoms with Crippen LogP contribution in [0.2, 0.25) is 0 Å². The van der Waals surface area contributed by atoms with Crippen LogP contribution in [-0.4, -0.2) is 0 Å². The van der Waals surface area contributed by atoms with E-state index in [2.05, 4.69) is 56.3 Å². The summed E-state index contributed by atoms with van der Waals surface area (Å²) in [5.41, 5.74) is 9.19. The molecule has 2 N–H and O–H groups in total. The van der Waals surface area contributed by atoms with E-state index in [4.69, 9.17) is 5.73 Å². The van der Waals surface area contributed by atoms with Crippen molar-refractivity contribution in [3.8, 4) is 0 Å². The molecule has 2 aromatic carbocycles. The van der Waals surface area contributed by atoms with Crippen LogP contribution in [0.25, 0.3) is 0 Å². The van der Waals surface area contributed by atoms with Crippen LogP contribution in [0.15, 0.2) is 54.6 Å². The topological polar surface area (TPSA) is 26.0 Å². The second-order valence-electron chi connectivity index (χ2n) is 4.73. The lowest BCUT2D eigenvalue weighted by Crippen LogP contribution is -1.86. The highest BCUT2D eigenvalue weighted by atomic mass is 14.5. The molecule has 0 spiro atoms. The second-order valence-corrected chi connectivity index (χ2v) is 4.73. The maximum atomic E-state index is 5.52. The van der Waals surface area contributed by atoms with Crippen molar-refractivity contribution >= 4 is 5.69 Å². The molecule has 0 saturated carbocycles. The zero-order valence-electron chi connectivity index (χ0n) is 14.1. The summed E-state index contributed by atoms with van der Waals surface area (Å²) in [4.78, 5) is 0. The lowest BCUT2D eigenvalue weighted by atomic mass is 10.1. The molecule has 0 amide bonds. The van der Waals surface area contributed by atoms with Crippen LogP contribution >= 0.6 is 0 Å². The molecule has 2 rings (SSSR count). The van der Waals surface area contributed by atoms with Crippen LogP contribution in [0.5, 0.6) is 0 Å². The Labute approximate surface area is 131 Å². The van der Waals surface area contributed by atoms with E-state index >= 15 is 0 Å². The van der Waals surface area contributed by atoms with E-state index in [1.54, 1.807) is 0 Å². The smallest absolute Gasteiger partial charge is 0.0314 e. The van der Waals surface area contributed by atoms with Gasteiger partial charge in [0, 0.05) is 5.69 Å². The molecule has 2 aromatic rings.